The number of hydrogen-bond acceptors (Lipinski definition) is 11. The van der Waals surface area contributed by atoms with Crippen molar-refractivity contribution in [3.63, 3.8) is 0 Å². The highest BCUT2D eigenvalue weighted by atomic mass is 32.2. The molecule has 1 saturated heterocycles. The minimum atomic E-state index is -3.94. The SMILES string of the molecule is COc1cc(C)ccc1S(=O)(=O)Nc1cccc(-c2nc(C(C)C)sc2-c2ccnc(Nc3ccc(N4CCN(C(C)=O)CC4)nc3)n2)c1. The molecule has 254 valence electrons. The smallest absolute Gasteiger partial charge is 0.265 e. The number of anilines is 4. The summed E-state index contributed by atoms with van der Waals surface area (Å²) in [6, 6.07) is 17.9. The Morgan fingerprint density at radius 3 is 2.45 bits per heavy atom. The first-order valence-corrected chi connectivity index (χ1v) is 18.2. The molecule has 2 N–H and O–H groups in total. The van der Waals surface area contributed by atoms with Gasteiger partial charge in [-0.25, -0.2) is 28.4 Å². The highest BCUT2D eigenvalue weighted by Gasteiger charge is 2.23. The van der Waals surface area contributed by atoms with Gasteiger partial charge in [-0.1, -0.05) is 32.0 Å². The Labute approximate surface area is 290 Å². The van der Waals surface area contributed by atoms with E-state index in [9.17, 15) is 13.2 Å². The van der Waals surface area contributed by atoms with Gasteiger partial charge in [0.2, 0.25) is 11.9 Å². The Kier molecular flexibility index (Phi) is 9.79. The van der Waals surface area contributed by atoms with Crippen LogP contribution in [0.3, 0.4) is 0 Å². The minimum absolute atomic E-state index is 0.0563. The summed E-state index contributed by atoms with van der Waals surface area (Å²) in [6.45, 7) is 10.5. The Morgan fingerprint density at radius 1 is 0.959 bits per heavy atom. The number of benzene rings is 2. The number of hydrogen-bond donors (Lipinski definition) is 2. The molecule has 1 fully saturated rings. The molecule has 0 radical (unpaired) electrons. The van der Waals surface area contributed by atoms with E-state index in [0.29, 0.717) is 36.1 Å². The van der Waals surface area contributed by atoms with Gasteiger partial charge in [0.1, 0.15) is 16.5 Å². The van der Waals surface area contributed by atoms with E-state index < -0.39 is 10.0 Å². The van der Waals surface area contributed by atoms with E-state index in [4.69, 9.17) is 14.7 Å². The Balaban J connectivity index is 1.24. The maximum atomic E-state index is 13.4. The quantitative estimate of drug-likeness (QED) is 0.170. The highest BCUT2D eigenvalue weighted by Crippen LogP contribution is 2.39. The van der Waals surface area contributed by atoms with E-state index in [1.807, 2.05) is 36.1 Å². The Morgan fingerprint density at radius 2 is 1.76 bits per heavy atom. The lowest BCUT2D eigenvalue weighted by molar-refractivity contribution is -0.129. The van der Waals surface area contributed by atoms with Crippen molar-refractivity contribution >= 4 is 50.4 Å². The highest BCUT2D eigenvalue weighted by molar-refractivity contribution is 7.92. The lowest BCUT2D eigenvalue weighted by Gasteiger charge is -2.34. The van der Waals surface area contributed by atoms with Crippen molar-refractivity contribution in [2.24, 2.45) is 0 Å². The molecule has 0 saturated carbocycles. The summed E-state index contributed by atoms with van der Waals surface area (Å²) < 4.78 is 34.9. The van der Waals surface area contributed by atoms with Crippen LogP contribution in [-0.4, -0.2) is 72.4 Å². The Hall–Kier alpha value is -5.08. The number of thiazole rings is 1. The van der Waals surface area contributed by atoms with E-state index in [2.05, 4.69) is 38.8 Å². The van der Waals surface area contributed by atoms with E-state index in [1.165, 1.54) is 13.2 Å². The summed E-state index contributed by atoms with van der Waals surface area (Å²) >= 11 is 1.55. The molecule has 1 aliphatic heterocycles. The van der Waals surface area contributed by atoms with Crippen molar-refractivity contribution in [2.75, 3.05) is 48.2 Å². The van der Waals surface area contributed by atoms with Gasteiger partial charge in [-0.3, -0.25) is 9.52 Å². The average molecular weight is 699 g/mol. The molecule has 0 unspecified atom stereocenters. The summed E-state index contributed by atoms with van der Waals surface area (Å²) in [5.74, 6) is 1.79. The monoisotopic (exact) mass is 698 g/mol. The summed E-state index contributed by atoms with van der Waals surface area (Å²) in [5.41, 5.74) is 4.15. The van der Waals surface area contributed by atoms with Crippen LogP contribution in [0.15, 0.2) is 78.0 Å². The third-order valence-electron chi connectivity index (χ3n) is 8.08. The van der Waals surface area contributed by atoms with Crippen LogP contribution in [0.4, 0.5) is 23.1 Å². The van der Waals surface area contributed by atoms with Crippen molar-refractivity contribution in [1.29, 1.82) is 0 Å². The van der Waals surface area contributed by atoms with Gasteiger partial charge in [-0.2, -0.15) is 0 Å². The zero-order chi connectivity index (χ0) is 34.7. The normalized spacial score (nSPS) is 13.4. The number of pyridine rings is 1. The molecule has 5 aromatic rings. The van der Waals surface area contributed by atoms with Crippen LogP contribution in [0.25, 0.3) is 21.8 Å². The summed E-state index contributed by atoms with van der Waals surface area (Å²) in [5, 5.41) is 4.19. The van der Waals surface area contributed by atoms with Gasteiger partial charge in [0, 0.05) is 56.5 Å². The molecule has 12 nitrogen and oxygen atoms in total. The van der Waals surface area contributed by atoms with E-state index in [0.717, 1.165) is 45.6 Å². The predicted molar refractivity (Wildman–Crippen MR) is 193 cm³/mol. The van der Waals surface area contributed by atoms with Crippen LogP contribution in [0.2, 0.25) is 0 Å². The fourth-order valence-electron chi connectivity index (χ4n) is 5.46. The molecule has 6 rings (SSSR count). The van der Waals surface area contributed by atoms with E-state index in [-0.39, 0.29) is 22.5 Å². The number of sulfonamides is 1. The molecule has 0 atom stereocenters. The van der Waals surface area contributed by atoms with Crippen molar-refractivity contribution in [3.8, 4) is 27.6 Å². The average Bonchev–Trinajstić information content (AvgIpc) is 3.55. The molecule has 0 spiro atoms. The van der Waals surface area contributed by atoms with Gasteiger partial charge in [0.25, 0.3) is 10.0 Å². The van der Waals surface area contributed by atoms with Crippen molar-refractivity contribution in [1.82, 2.24) is 24.8 Å². The maximum absolute atomic E-state index is 13.4. The topological polar surface area (TPSA) is 143 Å². The van der Waals surface area contributed by atoms with Crippen LogP contribution in [0.5, 0.6) is 5.75 Å². The number of piperazine rings is 1. The van der Waals surface area contributed by atoms with Gasteiger partial charge in [-0.15, -0.1) is 11.3 Å². The number of aryl methyl sites for hydroxylation is 1. The van der Waals surface area contributed by atoms with Crippen molar-refractivity contribution in [3.05, 3.63) is 83.6 Å². The maximum Gasteiger partial charge on any atom is 0.265 e. The van der Waals surface area contributed by atoms with Crippen LogP contribution >= 0.6 is 11.3 Å². The number of amides is 1. The molecular formula is C35H38N8O4S2. The van der Waals surface area contributed by atoms with Gasteiger partial charge < -0.3 is 19.9 Å². The zero-order valence-electron chi connectivity index (χ0n) is 28.0. The molecule has 0 bridgehead atoms. The largest absolute Gasteiger partial charge is 0.495 e. The first-order valence-electron chi connectivity index (χ1n) is 15.9. The zero-order valence-corrected chi connectivity index (χ0v) is 29.6. The van der Waals surface area contributed by atoms with Crippen LogP contribution < -0.4 is 19.7 Å². The van der Waals surface area contributed by atoms with Gasteiger partial charge in [-0.05, 0) is 55.0 Å². The van der Waals surface area contributed by atoms with Gasteiger partial charge in [0.15, 0.2) is 0 Å². The van der Waals surface area contributed by atoms with Crippen LogP contribution in [-0.2, 0) is 14.8 Å². The minimum Gasteiger partial charge on any atom is -0.495 e. The van der Waals surface area contributed by atoms with E-state index in [1.54, 1.807) is 61.0 Å². The molecule has 49 heavy (non-hydrogen) atoms. The second-order valence-electron chi connectivity index (χ2n) is 12.0. The Bertz CT molecular complexity index is 2080. The van der Waals surface area contributed by atoms with Crippen LogP contribution in [0, 0.1) is 6.92 Å². The van der Waals surface area contributed by atoms with Crippen molar-refractivity contribution < 1.29 is 17.9 Å². The number of carbonyl (C=O) groups is 1. The van der Waals surface area contributed by atoms with Gasteiger partial charge >= 0.3 is 0 Å². The second-order valence-corrected chi connectivity index (χ2v) is 14.7. The standard InChI is InChI=1S/C35H38N8O4S2/c1-22(2)34-40-32(25-7-6-8-26(20-25)41-49(45,46)30-11-9-23(3)19-29(30)47-5)33(48-34)28-13-14-36-35(39-28)38-27-10-12-31(37-21-27)43-17-15-42(16-18-43)24(4)44/h6-14,19-22,41H,15-18H2,1-5H3,(H,36,38,39). The second kappa shape index (κ2) is 14.2. The first kappa shape index (κ1) is 33.8. The number of nitrogens with one attached hydrogen (secondary N) is 2. The molecule has 14 heteroatoms. The first-order chi connectivity index (χ1) is 23.5. The molecule has 3 aromatic heterocycles. The third kappa shape index (κ3) is 7.65. The fraction of sp³-hybridized carbons (Fsp3) is 0.286. The molecular weight excluding hydrogens is 661 g/mol. The summed E-state index contributed by atoms with van der Waals surface area (Å²) in [6.07, 6.45) is 3.44. The molecule has 2 aromatic carbocycles. The summed E-state index contributed by atoms with van der Waals surface area (Å²) in [7, 11) is -2.48. The number of aromatic nitrogens is 4. The van der Waals surface area contributed by atoms with Crippen LogP contribution in [0.1, 0.15) is 37.3 Å². The van der Waals surface area contributed by atoms with Crippen molar-refractivity contribution in [2.45, 2.75) is 38.5 Å². The molecule has 1 aliphatic rings. The molecule has 4 heterocycles. The number of carbonyl (C=O) groups excluding carboxylic acids is 1. The lowest BCUT2D eigenvalue weighted by atomic mass is 10.1. The number of nitrogens with zero attached hydrogens (tertiary/aromatic N) is 6. The predicted octanol–water partition coefficient (Wildman–Crippen LogP) is 6.32. The fourth-order valence-corrected chi connectivity index (χ4v) is 7.72. The number of methoxy groups -OCH3 is 1. The summed E-state index contributed by atoms with van der Waals surface area (Å²) in [4.78, 5) is 35.5. The van der Waals surface area contributed by atoms with Gasteiger partial charge in [0.05, 0.1) is 40.3 Å². The molecule has 0 aliphatic carbocycles. The number of ether oxygens (including phenoxy) is 1. The number of rotatable bonds is 10. The van der Waals surface area contributed by atoms with E-state index >= 15 is 0 Å². The molecule has 1 amide bonds. The lowest BCUT2D eigenvalue weighted by Crippen LogP contribution is -2.48. The third-order valence-corrected chi connectivity index (χ3v) is 10.9.